The van der Waals surface area contributed by atoms with Crippen molar-refractivity contribution in [2.45, 2.75) is 76.8 Å². The first-order chi connectivity index (χ1) is 9.17. The molecule has 0 aromatic rings. The van der Waals surface area contributed by atoms with Crippen LogP contribution < -0.4 is 5.32 Å². The molecule has 0 spiro atoms. The van der Waals surface area contributed by atoms with Gasteiger partial charge in [0.1, 0.15) is 0 Å². The number of hydrogen-bond acceptors (Lipinski definition) is 2. The van der Waals surface area contributed by atoms with E-state index in [-0.39, 0.29) is 0 Å². The summed E-state index contributed by atoms with van der Waals surface area (Å²) < 4.78 is 0. The minimum Gasteiger partial charge on any atom is -0.310 e. The summed E-state index contributed by atoms with van der Waals surface area (Å²) in [4.78, 5) is 2.86. The number of hydrogen-bond donors (Lipinski definition) is 1. The third-order valence-electron chi connectivity index (χ3n) is 5.90. The van der Waals surface area contributed by atoms with Crippen LogP contribution in [0.5, 0.6) is 0 Å². The van der Waals surface area contributed by atoms with Crippen LogP contribution >= 0.6 is 0 Å². The smallest absolute Gasteiger partial charge is 0.0308 e. The molecule has 3 rings (SSSR count). The molecule has 3 fully saturated rings. The summed E-state index contributed by atoms with van der Waals surface area (Å²) >= 11 is 0. The van der Waals surface area contributed by atoms with Gasteiger partial charge in [-0.25, -0.2) is 0 Å². The summed E-state index contributed by atoms with van der Waals surface area (Å²) in [5.41, 5.74) is 0.411. The van der Waals surface area contributed by atoms with E-state index in [4.69, 9.17) is 0 Å². The lowest BCUT2D eigenvalue weighted by Gasteiger charge is -2.38. The molecule has 1 saturated heterocycles. The molecule has 110 valence electrons. The van der Waals surface area contributed by atoms with Crippen LogP contribution in [-0.4, -0.2) is 36.1 Å². The molecule has 19 heavy (non-hydrogen) atoms. The van der Waals surface area contributed by atoms with E-state index >= 15 is 0 Å². The van der Waals surface area contributed by atoms with Crippen LogP contribution in [0.15, 0.2) is 0 Å². The van der Waals surface area contributed by atoms with E-state index in [0.717, 1.165) is 17.9 Å². The molecule has 3 atom stereocenters. The molecule has 0 amide bonds. The Labute approximate surface area is 119 Å². The van der Waals surface area contributed by atoms with Gasteiger partial charge in [0.25, 0.3) is 0 Å². The Hall–Kier alpha value is -0.0800. The molecule has 0 aromatic carbocycles. The quantitative estimate of drug-likeness (QED) is 0.769. The highest BCUT2D eigenvalue weighted by Crippen LogP contribution is 2.41. The lowest BCUT2D eigenvalue weighted by molar-refractivity contribution is 0.138. The van der Waals surface area contributed by atoms with Crippen molar-refractivity contribution >= 4 is 0 Å². The zero-order valence-electron chi connectivity index (χ0n) is 13.0. The average Bonchev–Trinajstić information content (AvgIpc) is 3.18. The molecular formula is C17H32N2. The topological polar surface area (TPSA) is 15.3 Å². The standard InChI is InChI=1S/C17H32N2/c1-14-5-3-6-16(10-7-14)19-12-4-11-18-17(2,13-19)15-8-9-15/h14-16,18H,3-13H2,1-2H3. The fraction of sp³-hybridized carbons (Fsp3) is 1.00. The molecule has 3 unspecified atom stereocenters. The van der Waals surface area contributed by atoms with Gasteiger partial charge >= 0.3 is 0 Å². The second-order valence-corrected chi connectivity index (χ2v) is 7.71. The van der Waals surface area contributed by atoms with Gasteiger partial charge in [-0.2, -0.15) is 0 Å². The molecule has 3 aliphatic rings. The van der Waals surface area contributed by atoms with Crippen LogP contribution in [0, 0.1) is 11.8 Å². The van der Waals surface area contributed by atoms with Gasteiger partial charge in [0.2, 0.25) is 0 Å². The largest absolute Gasteiger partial charge is 0.310 e. The fourth-order valence-corrected chi connectivity index (χ4v) is 4.35. The third-order valence-corrected chi connectivity index (χ3v) is 5.90. The SMILES string of the molecule is CC1CCCC(N2CCCNC(C)(C3CC3)C2)CC1. The van der Waals surface area contributed by atoms with Crippen molar-refractivity contribution in [1.82, 2.24) is 10.2 Å². The maximum absolute atomic E-state index is 3.87. The highest BCUT2D eigenvalue weighted by molar-refractivity contribution is 5.01. The van der Waals surface area contributed by atoms with Gasteiger partial charge in [0.05, 0.1) is 0 Å². The van der Waals surface area contributed by atoms with E-state index in [0.29, 0.717) is 5.54 Å². The summed E-state index contributed by atoms with van der Waals surface area (Å²) in [7, 11) is 0. The van der Waals surface area contributed by atoms with E-state index in [9.17, 15) is 0 Å². The maximum Gasteiger partial charge on any atom is 0.0308 e. The Morgan fingerprint density at radius 2 is 1.84 bits per heavy atom. The number of rotatable bonds is 2. The monoisotopic (exact) mass is 264 g/mol. The minimum absolute atomic E-state index is 0.411. The molecule has 2 aliphatic carbocycles. The summed E-state index contributed by atoms with van der Waals surface area (Å²) in [6.07, 6.45) is 11.5. The van der Waals surface area contributed by atoms with Crippen molar-refractivity contribution in [3.63, 3.8) is 0 Å². The van der Waals surface area contributed by atoms with Gasteiger partial charge in [0.15, 0.2) is 0 Å². The van der Waals surface area contributed by atoms with Crippen molar-refractivity contribution in [2.75, 3.05) is 19.6 Å². The number of nitrogens with one attached hydrogen (secondary N) is 1. The molecule has 2 heteroatoms. The Balaban J connectivity index is 1.64. The summed E-state index contributed by atoms with van der Waals surface area (Å²) in [6.45, 7) is 8.79. The van der Waals surface area contributed by atoms with E-state index in [2.05, 4.69) is 24.1 Å². The van der Waals surface area contributed by atoms with Crippen molar-refractivity contribution < 1.29 is 0 Å². The zero-order valence-corrected chi connectivity index (χ0v) is 13.0. The lowest BCUT2D eigenvalue weighted by atomic mass is 9.94. The van der Waals surface area contributed by atoms with Crippen molar-refractivity contribution in [3.05, 3.63) is 0 Å². The summed E-state index contributed by atoms with van der Waals surface area (Å²) in [6, 6.07) is 0.878. The molecule has 1 heterocycles. The van der Waals surface area contributed by atoms with Crippen LogP contribution in [0.3, 0.4) is 0 Å². The highest BCUT2D eigenvalue weighted by Gasteiger charge is 2.43. The minimum atomic E-state index is 0.411. The lowest BCUT2D eigenvalue weighted by Crippen LogP contribution is -2.52. The van der Waals surface area contributed by atoms with Crippen LogP contribution in [0.25, 0.3) is 0 Å². The second kappa shape index (κ2) is 5.73. The van der Waals surface area contributed by atoms with Crippen LogP contribution in [0.4, 0.5) is 0 Å². The van der Waals surface area contributed by atoms with Crippen molar-refractivity contribution in [2.24, 2.45) is 11.8 Å². The first-order valence-corrected chi connectivity index (χ1v) is 8.66. The second-order valence-electron chi connectivity index (χ2n) is 7.71. The predicted octanol–water partition coefficient (Wildman–Crippen LogP) is 3.42. The summed E-state index contributed by atoms with van der Waals surface area (Å²) in [5.74, 6) is 1.92. The Kier molecular flexibility index (Phi) is 4.19. The predicted molar refractivity (Wildman–Crippen MR) is 81.4 cm³/mol. The molecule has 0 bridgehead atoms. The van der Waals surface area contributed by atoms with Crippen molar-refractivity contribution in [1.29, 1.82) is 0 Å². The zero-order chi connectivity index (χ0) is 13.3. The van der Waals surface area contributed by atoms with E-state index in [1.807, 2.05) is 0 Å². The van der Waals surface area contributed by atoms with Crippen LogP contribution in [-0.2, 0) is 0 Å². The first kappa shape index (κ1) is 13.9. The van der Waals surface area contributed by atoms with Crippen molar-refractivity contribution in [3.8, 4) is 0 Å². The molecule has 1 N–H and O–H groups in total. The first-order valence-electron chi connectivity index (χ1n) is 8.66. The van der Waals surface area contributed by atoms with Gasteiger partial charge in [-0.05, 0) is 70.4 Å². The maximum atomic E-state index is 3.87. The molecule has 2 nitrogen and oxygen atoms in total. The van der Waals surface area contributed by atoms with E-state index < -0.39 is 0 Å². The highest BCUT2D eigenvalue weighted by atomic mass is 15.2. The number of nitrogens with zero attached hydrogens (tertiary/aromatic N) is 1. The van der Waals surface area contributed by atoms with Gasteiger partial charge in [-0.1, -0.05) is 19.8 Å². The van der Waals surface area contributed by atoms with E-state index in [1.165, 1.54) is 71.0 Å². The van der Waals surface area contributed by atoms with Crippen LogP contribution in [0.2, 0.25) is 0 Å². The van der Waals surface area contributed by atoms with Gasteiger partial charge in [0, 0.05) is 18.1 Å². The third kappa shape index (κ3) is 3.33. The average molecular weight is 264 g/mol. The molecule has 0 radical (unpaired) electrons. The Morgan fingerprint density at radius 3 is 2.63 bits per heavy atom. The fourth-order valence-electron chi connectivity index (χ4n) is 4.35. The molecule has 2 saturated carbocycles. The molecular weight excluding hydrogens is 232 g/mol. The Morgan fingerprint density at radius 1 is 1.00 bits per heavy atom. The Bertz CT molecular complexity index is 300. The van der Waals surface area contributed by atoms with Crippen LogP contribution in [0.1, 0.15) is 65.2 Å². The van der Waals surface area contributed by atoms with Gasteiger partial charge in [-0.3, -0.25) is 4.90 Å². The molecule has 1 aliphatic heterocycles. The van der Waals surface area contributed by atoms with Gasteiger partial charge in [-0.15, -0.1) is 0 Å². The van der Waals surface area contributed by atoms with Gasteiger partial charge < -0.3 is 5.32 Å². The summed E-state index contributed by atoms with van der Waals surface area (Å²) in [5, 5.41) is 3.87. The van der Waals surface area contributed by atoms with E-state index in [1.54, 1.807) is 0 Å². The normalized spacial score (nSPS) is 42.6. The molecule has 0 aromatic heterocycles.